The molecule has 1 aliphatic heterocycles. The number of amides is 2. The summed E-state index contributed by atoms with van der Waals surface area (Å²) in [6, 6.07) is 11.6. The van der Waals surface area contributed by atoms with E-state index in [2.05, 4.69) is 10.6 Å². The monoisotopic (exact) mass is 430 g/mol. The number of rotatable bonds is 7. The van der Waals surface area contributed by atoms with Gasteiger partial charge >= 0.3 is 12.0 Å². The maximum Gasteiger partial charge on any atom is 0.338 e. The highest BCUT2D eigenvalue weighted by atomic mass is 35.5. The molecule has 0 radical (unpaired) electrons. The summed E-state index contributed by atoms with van der Waals surface area (Å²) in [6.45, 7) is 3.97. The Morgan fingerprint density at radius 3 is 2.53 bits per heavy atom. The van der Waals surface area contributed by atoms with Gasteiger partial charge in [-0.15, -0.1) is 0 Å². The first-order valence-corrected chi connectivity index (χ1v) is 9.81. The highest BCUT2D eigenvalue weighted by Crippen LogP contribution is 2.35. The minimum atomic E-state index is -0.669. The predicted octanol–water partition coefficient (Wildman–Crippen LogP) is 4.12. The second kappa shape index (κ2) is 9.54. The summed E-state index contributed by atoms with van der Waals surface area (Å²) in [7, 11) is 1.53. The number of hydrogen-bond donors (Lipinski definition) is 2. The summed E-state index contributed by atoms with van der Waals surface area (Å²) >= 11 is 5.91. The van der Waals surface area contributed by atoms with Gasteiger partial charge in [-0.3, -0.25) is 0 Å². The molecule has 2 amide bonds. The molecule has 0 aromatic heterocycles. The van der Waals surface area contributed by atoms with Crippen LogP contribution in [0.5, 0.6) is 11.5 Å². The van der Waals surface area contributed by atoms with Crippen LogP contribution in [0.3, 0.4) is 0 Å². The van der Waals surface area contributed by atoms with Gasteiger partial charge in [-0.1, -0.05) is 29.8 Å². The van der Waals surface area contributed by atoms with Crippen molar-refractivity contribution in [1.82, 2.24) is 10.6 Å². The maximum absolute atomic E-state index is 12.5. The average molecular weight is 431 g/mol. The molecule has 0 bridgehead atoms. The van der Waals surface area contributed by atoms with Crippen LogP contribution in [0.4, 0.5) is 4.79 Å². The molecule has 0 fully saturated rings. The largest absolute Gasteiger partial charge is 0.493 e. The van der Waals surface area contributed by atoms with E-state index in [9.17, 15) is 9.59 Å². The van der Waals surface area contributed by atoms with Gasteiger partial charge in [0.2, 0.25) is 0 Å². The first-order chi connectivity index (χ1) is 14.4. The van der Waals surface area contributed by atoms with E-state index in [-0.39, 0.29) is 6.61 Å². The first kappa shape index (κ1) is 21.5. The molecule has 0 saturated carbocycles. The molecule has 2 aromatic carbocycles. The molecule has 3 rings (SSSR count). The van der Waals surface area contributed by atoms with Crippen molar-refractivity contribution in [1.29, 1.82) is 0 Å². The van der Waals surface area contributed by atoms with Crippen LogP contribution in [0.15, 0.2) is 53.7 Å². The molecule has 2 N–H and O–H groups in total. The Bertz CT molecular complexity index is 972. The number of hydrogen-bond acceptors (Lipinski definition) is 5. The van der Waals surface area contributed by atoms with Crippen LogP contribution in [0, 0.1) is 0 Å². The molecular formula is C22H23ClN2O5. The zero-order valence-electron chi connectivity index (χ0n) is 17.0. The normalized spacial score (nSPS) is 15.9. The molecule has 1 atom stereocenters. The Balaban J connectivity index is 1.86. The summed E-state index contributed by atoms with van der Waals surface area (Å²) in [5.74, 6) is 0.527. The van der Waals surface area contributed by atoms with Crippen LogP contribution in [0.25, 0.3) is 0 Å². The zero-order valence-corrected chi connectivity index (χ0v) is 17.7. The third-order valence-corrected chi connectivity index (χ3v) is 4.85. The molecule has 1 heterocycles. The van der Waals surface area contributed by atoms with Gasteiger partial charge in [-0.25, -0.2) is 9.59 Å². The number of urea groups is 1. The van der Waals surface area contributed by atoms with Crippen molar-refractivity contribution in [3.63, 3.8) is 0 Å². The van der Waals surface area contributed by atoms with Crippen LogP contribution in [-0.4, -0.2) is 25.7 Å². The van der Waals surface area contributed by atoms with Crippen LogP contribution in [-0.2, 0) is 16.1 Å². The van der Waals surface area contributed by atoms with Gasteiger partial charge in [-0.2, -0.15) is 0 Å². The Labute approximate surface area is 180 Å². The second-order valence-electron chi connectivity index (χ2n) is 6.62. The maximum atomic E-state index is 12.5. The van der Waals surface area contributed by atoms with Gasteiger partial charge in [0.15, 0.2) is 11.5 Å². The predicted molar refractivity (Wildman–Crippen MR) is 113 cm³/mol. The number of carbonyl (C=O) groups is 2. The number of ether oxygens (including phenoxy) is 3. The second-order valence-corrected chi connectivity index (χ2v) is 7.05. The molecule has 158 valence electrons. The van der Waals surface area contributed by atoms with E-state index in [1.54, 1.807) is 44.2 Å². The molecule has 0 aliphatic carbocycles. The summed E-state index contributed by atoms with van der Waals surface area (Å²) in [5.41, 5.74) is 2.42. The van der Waals surface area contributed by atoms with Crippen LogP contribution < -0.4 is 20.1 Å². The van der Waals surface area contributed by atoms with Crippen molar-refractivity contribution >= 4 is 23.6 Å². The van der Waals surface area contributed by atoms with Gasteiger partial charge in [0.25, 0.3) is 0 Å². The van der Waals surface area contributed by atoms with Crippen molar-refractivity contribution in [3.8, 4) is 11.5 Å². The summed E-state index contributed by atoms with van der Waals surface area (Å²) in [4.78, 5) is 24.5. The van der Waals surface area contributed by atoms with Crippen molar-refractivity contribution in [3.05, 3.63) is 69.9 Å². The van der Waals surface area contributed by atoms with Crippen molar-refractivity contribution < 1.29 is 23.8 Å². The Morgan fingerprint density at radius 2 is 1.87 bits per heavy atom. The molecule has 0 spiro atoms. The molecule has 1 aliphatic rings. The molecule has 30 heavy (non-hydrogen) atoms. The SMILES string of the molecule is CCOC(=O)C1=C(C)NC(=O)N[C@H]1c1ccc(OCc2ccc(Cl)cc2)c(OC)c1. The number of esters is 1. The quantitative estimate of drug-likeness (QED) is 0.645. The number of halogens is 1. The minimum Gasteiger partial charge on any atom is -0.493 e. The topological polar surface area (TPSA) is 85.9 Å². The van der Waals surface area contributed by atoms with Crippen molar-refractivity contribution in [2.75, 3.05) is 13.7 Å². The standard InChI is InChI=1S/C22H23ClN2O5/c1-4-29-21(26)19-13(2)24-22(27)25-20(19)15-7-10-17(18(11-15)28-3)30-12-14-5-8-16(23)9-6-14/h5-11,20H,4,12H2,1-3H3,(H2,24,25,27)/t20-/m0/s1. The fourth-order valence-electron chi connectivity index (χ4n) is 3.15. The molecule has 7 nitrogen and oxygen atoms in total. The van der Waals surface area contributed by atoms with Crippen LogP contribution >= 0.6 is 11.6 Å². The van der Waals surface area contributed by atoms with E-state index in [1.807, 2.05) is 12.1 Å². The van der Waals surface area contributed by atoms with E-state index in [0.717, 1.165) is 5.56 Å². The molecule has 2 aromatic rings. The molecule has 0 saturated heterocycles. The minimum absolute atomic E-state index is 0.233. The van der Waals surface area contributed by atoms with E-state index in [4.69, 9.17) is 25.8 Å². The lowest BCUT2D eigenvalue weighted by Crippen LogP contribution is -2.45. The number of methoxy groups -OCH3 is 1. The Kier molecular flexibility index (Phi) is 6.84. The fraction of sp³-hybridized carbons (Fsp3) is 0.273. The average Bonchev–Trinajstić information content (AvgIpc) is 2.72. The molecule has 0 unspecified atom stereocenters. The third kappa shape index (κ3) is 4.86. The Morgan fingerprint density at radius 1 is 1.13 bits per heavy atom. The van der Waals surface area contributed by atoms with Crippen LogP contribution in [0.2, 0.25) is 5.02 Å². The van der Waals surface area contributed by atoms with Gasteiger partial charge in [0, 0.05) is 10.7 Å². The fourth-order valence-corrected chi connectivity index (χ4v) is 3.27. The molecule has 8 heteroatoms. The lowest BCUT2D eigenvalue weighted by atomic mass is 9.95. The molecular weight excluding hydrogens is 408 g/mol. The number of carbonyl (C=O) groups excluding carboxylic acids is 2. The van der Waals surface area contributed by atoms with Gasteiger partial charge in [0.05, 0.1) is 25.3 Å². The van der Waals surface area contributed by atoms with Crippen LogP contribution in [0.1, 0.15) is 31.0 Å². The highest BCUT2D eigenvalue weighted by molar-refractivity contribution is 6.30. The van der Waals surface area contributed by atoms with E-state index in [0.29, 0.717) is 40.0 Å². The van der Waals surface area contributed by atoms with Crippen molar-refractivity contribution in [2.24, 2.45) is 0 Å². The third-order valence-electron chi connectivity index (χ3n) is 4.59. The lowest BCUT2D eigenvalue weighted by molar-refractivity contribution is -0.139. The highest BCUT2D eigenvalue weighted by Gasteiger charge is 2.32. The van der Waals surface area contributed by atoms with E-state index < -0.39 is 18.0 Å². The summed E-state index contributed by atoms with van der Waals surface area (Å²) < 4.78 is 16.5. The zero-order chi connectivity index (χ0) is 21.7. The van der Waals surface area contributed by atoms with E-state index >= 15 is 0 Å². The summed E-state index contributed by atoms with van der Waals surface area (Å²) in [5, 5.41) is 6.04. The number of nitrogens with one attached hydrogen (secondary N) is 2. The first-order valence-electron chi connectivity index (χ1n) is 9.43. The van der Waals surface area contributed by atoms with Gasteiger partial charge < -0.3 is 24.8 Å². The van der Waals surface area contributed by atoms with E-state index in [1.165, 1.54) is 7.11 Å². The summed E-state index contributed by atoms with van der Waals surface area (Å²) in [6.07, 6.45) is 0. The Hall–Kier alpha value is -3.19. The van der Waals surface area contributed by atoms with Crippen molar-refractivity contribution in [2.45, 2.75) is 26.5 Å². The smallest absolute Gasteiger partial charge is 0.338 e. The van der Waals surface area contributed by atoms with Gasteiger partial charge in [0.1, 0.15) is 6.61 Å². The lowest BCUT2D eigenvalue weighted by Gasteiger charge is -2.28. The number of allylic oxidation sites excluding steroid dienone is 1. The number of benzene rings is 2. The van der Waals surface area contributed by atoms with Gasteiger partial charge in [-0.05, 0) is 49.2 Å².